The second kappa shape index (κ2) is 5.59. The van der Waals surface area contributed by atoms with E-state index in [4.69, 9.17) is 4.74 Å². The first-order valence-electron chi connectivity index (χ1n) is 6.92. The number of hydrogen-bond acceptors (Lipinski definition) is 4. The van der Waals surface area contributed by atoms with Crippen LogP contribution in [0.1, 0.15) is 17.5 Å². The third-order valence-electron chi connectivity index (χ3n) is 3.77. The zero-order valence-corrected chi connectivity index (χ0v) is 12.0. The Balaban J connectivity index is 2.03. The predicted octanol–water partition coefficient (Wildman–Crippen LogP) is 2.67. The number of pyridine rings is 2. The lowest BCUT2D eigenvalue weighted by Crippen LogP contribution is -2.25. The van der Waals surface area contributed by atoms with Crippen LogP contribution in [0.2, 0.25) is 0 Å². The molecule has 4 heteroatoms. The van der Waals surface area contributed by atoms with Crippen molar-refractivity contribution >= 4 is 5.82 Å². The molecule has 0 unspecified atom stereocenters. The molecule has 3 rings (SSSR count). The highest BCUT2D eigenvalue weighted by Gasteiger charge is 2.16. The lowest BCUT2D eigenvalue weighted by molar-refractivity contribution is 0.185. The highest BCUT2D eigenvalue weighted by atomic mass is 16.5. The fourth-order valence-electron chi connectivity index (χ4n) is 2.76. The number of hydrogen-bond donors (Lipinski definition) is 0. The Bertz CT molecular complexity index is 612. The lowest BCUT2D eigenvalue weighted by atomic mass is 9.99. The molecule has 0 fully saturated rings. The zero-order chi connectivity index (χ0) is 13.9. The van der Waals surface area contributed by atoms with Gasteiger partial charge in [-0.25, -0.2) is 4.98 Å². The van der Waals surface area contributed by atoms with Crippen LogP contribution in [0.15, 0.2) is 30.7 Å². The normalized spacial score (nSPS) is 14.2. The molecule has 0 N–H and O–H groups in total. The van der Waals surface area contributed by atoms with Crippen molar-refractivity contribution in [2.24, 2.45) is 0 Å². The molecular formula is C16H19N3O. The molecule has 4 nitrogen and oxygen atoms in total. The predicted molar refractivity (Wildman–Crippen MR) is 79.8 cm³/mol. The molecule has 0 amide bonds. The van der Waals surface area contributed by atoms with Crippen molar-refractivity contribution in [3.8, 4) is 11.1 Å². The minimum Gasteiger partial charge on any atom is -0.380 e. The van der Waals surface area contributed by atoms with Gasteiger partial charge in [-0.3, -0.25) is 4.98 Å². The molecule has 0 saturated heterocycles. The van der Waals surface area contributed by atoms with Gasteiger partial charge in [-0.15, -0.1) is 0 Å². The molecule has 1 aliphatic rings. The van der Waals surface area contributed by atoms with Gasteiger partial charge in [-0.1, -0.05) is 0 Å². The number of anilines is 1. The number of aryl methyl sites for hydroxylation is 1. The van der Waals surface area contributed by atoms with Crippen molar-refractivity contribution in [1.82, 2.24) is 9.97 Å². The van der Waals surface area contributed by atoms with E-state index in [-0.39, 0.29) is 0 Å². The number of rotatable bonds is 3. The summed E-state index contributed by atoms with van der Waals surface area (Å²) in [7, 11) is 3.81. The van der Waals surface area contributed by atoms with Crippen LogP contribution in [0.4, 0.5) is 5.82 Å². The average molecular weight is 269 g/mol. The summed E-state index contributed by atoms with van der Waals surface area (Å²) in [5.74, 6) is 1.11. The maximum atomic E-state index is 5.26. The van der Waals surface area contributed by atoms with E-state index in [9.17, 15) is 0 Å². The van der Waals surface area contributed by atoms with Crippen molar-refractivity contribution in [1.29, 1.82) is 0 Å². The zero-order valence-electron chi connectivity index (χ0n) is 12.0. The molecule has 0 atom stereocenters. The minimum absolute atomic E-state index is 0.592. The Morgan fingerprint density at radius 3 is 3.10 bits per heavy atom. The first-order chi connectivity index (χ1) is 9.79. The van der Waals surface area contributed by atoms with Crippen molar-refractivity contribution in [3.05, 3.63) is 41.9 Å². The monoisotopic (exact) mass is 269 g/mol. The fourth-order valence-corrected chi connectivity index (χ4v) is 2.76. The SMILES string of the molecule is COCc1ccncc1-c1cnc2c(c1)CCCN2C. The van der Waals surface area contributed by atoms with Crippen molar-refractivity contribution in [3.63, 3.8) is 0 Å². The van der Waals surface area contributed by atoms with Gasteiger partial charge in [0.2, 0.25) is 0 Å². The highest BCUT2D eigenvalue weighted by molar-refractivity contribution is 5.68. The van der Waals surface area contributed by atoms with Gasteiger partial charge in [0.15, 0.2) is 0 Å². The maximum Gasteiger partial charge on any atom is 0.131 e. The number of fused-ring (bicyclic) bond motifs is 1. The lowest BCUT2D eigenvalue weighted by Gasteiger charge is -2.26. The summed E-state index contributed by atoms with van der Waals surface area (Å²) in [4.78, 5) is 11.1. The van der Waals surface area contributed by atoms with Crippen LogP contribution in [-0.4, -0.2) is 30.7 Å². The van der Waals surface area contributed by atoms with E-state index in [2.05, 4.69) is 28.0 Å². The quantitative estimate of drug-likeness (QED) is 0.858. The Labute approximate surface area is 119 Å². The molecule has 1 aliphatic heterocycles. The molecule has 20 heavy (non-hydrogen) atoms. The van der Waals surface area contributed by atoms with Crippen LogP contribution in [0, 0.1) is 0 Å². The first kappa shape index (κ1) is 13.1. The van der Waals surface area contributed by atoms with Gasteiger partial charge in [0.25, 0.3) is 0 Å². The minimum atomic E-state index is 0.592. The number of methoxy groups -OCH3 is 1. The summed E-state index contributed by atoms with van der Waals surface area (Å²) in [6.45, 7) is 1.68. The molecule has 0 radical (unpaired) electrons. The largest absolute Gasteiger partial charge is 0.380 e. The van der Waals surface area contributed by atoms with Gasteiger partial charge in [0.05, 0.1) is 6.61 Å². The van der Waals surface area contributed by atoms with E-state index in [1.165, 1.54) is 12.0 Å². The number of ether oxygens (including phenoxy) is 1. The Morgan fingerprint density at radius 1 is 1.35 bits per heavy atom. The Morgan fingerprint density at radius 2 is 2.25 bits per heavy atom. The van der Waals surface area contributed by atoms with Crippen LogP contribution >= 0.6 is 0 Å². The van der Waals surface area contributed by atoms with E-state index in [0.29, 0.717) is 6.61 Å². The third kappa shape index (κ3) is 2.39. The van der Waals surface area contributed by atoms with Crippen molar-refractivity contribution in [2.45, 2.75) is 19.4 Å². The van der Waals surface area contributed by atoms with E-state index >= 15 is 0 Å². The van der Waals surface area contributed by atoms with Gasteiger partial charge in [-0.05, 0) is 36.1 Å². The van der Waals surface area contributed by atoms with Gasteiger partial charge in [-0.2, -0.15) is 0 Å². The average Bonchev–Trinajstić information content (AvgIpc) is 2.48. The van der Waals surface area contributed by atoms with E-state index in [1.807, 2.05) is 18.5 Å². The summed E-state index contributed by atoms with van der Waals surface area (Å²) in [6, 6.07) is 4.25. The van der Waals surface area contributed by atoms with Gasteiger partial charge >= 0.3 is 0 Å². The first-order valence-corrected chi connectivity index (χ1v) is 6.92. The van der Waals surface area contributed by atoms with Gasteiger partial charge < -0.3 is 9.64 Å². The molecule has 2 aromatic heterocycles. The molecular weight excluding hydrogens is 250 g/mol. The highest BCUT2D eigenvalue weighted by Crippen LogP contribution is 2.29. The molecule has 0 aliphatic carbocycles. The second-order valence-corrected chi connectivity index (χ2v) is 5.20. The number of nitrogens with zero attached hydrogens (tertiary/aromatic N) is 3. The van der Waals surface area contributed by atoms with Crippen LogP contribution in [0.25, 0.3) is 11.1 Å². The standard InChI is InChI=1S/C16H19N3O/c1-19-7-3-4-12-8-14(9-18-16(12)19)15-10-17-6-5-13(15)11-20-2/h5-6,8-10H,3-4,7,11H2,1-2H3. The third-order valence-corrected chi connectivity index (χ3v) is 3.77. The molecule has 0 saturated carbocycles. The van der Waals surface area contributed by atoms with Crippen LogP contribution in [-0.2, 0) is 17.8 Å². The van der Waals surface area contributed by atoms with E-state index in [1.54, 1.807) is 13.3 Å². The molecule has 3 heterocycles. The molecule has 2 aromatic rings. The summed E-state index contributed by atoms with van der Waals surface area (Å²) in [5.41, 5.74) is 4.70. The molecule has 0 spiro atoms. The van der Waals surface area contributed by atoms with Crippen molar-refractivity contribution in [2.75, 3.05) is 25.6 Å². The van der Waals surface area contributed by atoms with Crippen LogP contribution in [0.5, 0.6) is 0 Å². The summed E-state index contributed by atoms with van der Waals surface area (Å²) in [6.07, 6.45) is 7.92. The summed E-state index contributed by atoms with van der Waals surface area (Å²) >= 11 is 0. The number of aromatic nitrogens is 2. The maximum absolute atomic E-state index is 5.26. The van der Waals surface area contributed by atoms with Crippen LogP contribution in [0.3, 0.4) is 0 Å². The second-order valence-electron chi connectivity index (χ2n) is 5.20. The van der Waals surface area contributed by atoms with E-state index < -0.39 is 0 Å². The summed E-state index contributed by atoms with van der Waals surface area (Å²) < 4.78 is 5.26. The van der Waals surface area contributed by atoms with E-state index in [0.717, 1.165) is 35.5 Å². The molecule has 0 aromatic carbocycles. The van der Waals surface area contributed by atoms with Crippen LogP contribution < -0.4 is 4.90 Å². The topological polar surface area (TPSA) is 38.3 Å². The molecule has 104 valence electrons. The van der Waals surface area contributed by atoms with Gasteiger partial charge in [0.1, 0.15) is 5.82 Å². The summed E-state index contributed by atoms with van der Waals surface area (Å²) in [5, 5.41) is 0. The van der Waals surface area contributed by atoms with Gasteiger partial charge in [0, 0.05) is 50.4 Å². The Hall–Kier alpha value is -1.94. The fraction of sp³-hybridized carbons (Fsp3) is 0.375. The smallest absolute Gasteiger partial charge is 0.131 e. The van der Waals surface area contributed by atoms with Crippen molar-refractivity contribution < 1.29 is 4.74 Å². The molecule has 0 bridgehead atoms. The Kier molecular flexibility index (Phi) is 3.65.